The molecule has 9 heteroatoms. The average Bonchev–Trinajstić information content (AvgIpc) is 2.91. The van der Waals surface area contributed by atoms with E-state index in [9.17, 15) is 14.9 Å². The molecule has 1 N–H and O–H groups in total. The highest BCUT2D eigenvalue weighted by Crippen LogP contribution is 2.30. The minimum atomic E-state index is -0.574. The molecular weight excluding hydrogens is 384 g/mol. The summed E-state index contributed by atoms with van der Waals surface area (Å²) in [5.74, 6) is 0.166. The number of anilines is 1. The van der Waals surface area contributed by atoms with E-state index in [2.05, 4.69) is 10.4 Å². The number of benzene rings is 2. The third kappa shape index (κ3) is 4.12. The van der Waals surface area contributed by atoms with Gasteiger partial charge in [-0.15, -0.1) is 0 Å². The summed E-state index contributed by atoms with van der Waals surface area (Å²) < 4.78 is 7.18. The number of hydrogen-bond acceptors (Lipinski definition) is 5. The molecule has 3 rings (SSSR count). The van der Waals surface area contributed by atoms with Gasteiger partial charge in [-0.3, -0.25) is 19.6 Å². The zero-order valence-electron chi connectivity index (χ0n) is 15.4. The molecule has 0 spiro atoms. The van der Waals surface area contributed by atoms with E-state index in [4.69, 9.17) is 16.3 Å². The molecule has 1 heterocycles. The van der Waals surface area contributed by atoms with Crippen molar-refractivity contribution in [3.8, 4) is 11.5 Å². The van der Waals surface area contributed by atoms with Crippen molar-refractivity contribution in [3.05, 3.63) is 74.6 Å². The second-order valence-electron chi connectivity index (χ2n) is 6.21. The molecule has 8 nitrogen and oxygen atoms in total. The Morgan fingerprint density at radius 3 is 2.43 bits per heavy atom. The summed E-state index contributed by atoms with van der Waals surface area (Å²) in [4.78, 5) is 23.2. The van der Waals surface area contributed by atoms with Crippen LogP contribution in [0.15, 0.2) is 42.5 Å². The molecule has 2 aromatic carbocycles. The van der Waals surface area contributed by atoms with Crippen LogP contribution in [0.3, 0.4) is 0 Å². The fourth-order valence-corrected chi connectivity index (χ4v) is 2.73. The van der Waals surface area contributed by atoms with Crippen LogP contribution in [0.5, 0.6) is 11.5 Å². The smallest absolute Gasteiger partial charge is 0.277 e. The number of nitrogens with zero attached hydrogens (tertiary/aromatic N) is 3. The first-order chi connectivity index (χ1) is 13.2. The fourth-order valence-electron chi connectivity index (χ4n) is 2.48. The topological polar surface area (TPSA) is 99.3 Å². The fraction of sp³-hybridized carbons (Fsp3) is 0.158. The van der Waals surface area contributed by atoms with Gasteiger partial charge in [-0.25, -0.2) is 0 Å². The summed E-state index contributed by atoms with van der Waals surface area (Å²) in [6.45, 7) is 3.67. The molecule has 0 aliphatic heterocycles. The number of hydrogen-bond donors (Lipinski definition) is 1. The van der Waals surface area contributed by atoms with Crippen molar-refractivity contribution in [3.63, 3.8) is 0 Å². The standard InChI is InChI=1S/C19H17ClN4O4/c1-11-4-6-15(7-5-11)28-16-9-13(8-14(10-16)24(26)27)21-19(25)18-17(20)12(2)23(3)22-18/h4-10H,1-3H3,(H,21,25). The molecule has 0 bridgehead atoms. The number of non-ortho nitro benzene ring substituents is 1. The van der Waals surface area contributed by atoms with Crippen LogP contribution >= 0.6 is 11.6 Å². The second kappa shape index (κ2) is 7.69. The molecule has 0 aliphatic rings. The van der Waals surface area contributed by atoms with Crippen LogP contribution in [0.4, 0.5) is 11.4 Å². The van der Waals surface area contributed by atoms with E-state index in [0.29, 0.717) is 11.4 Å². The molecule has 0 unspecified atom stereocenters. The predicted molar refractivity (Wildman–Crippen MR) is 105 cm³/mol. The van der Waals surface area contributed by atoms with Gasteiger partial charge in [0.25, 0.3) is 11.6 Å². The summed E-state index contributed by atoms with van der Waals surface area (Å²) in [6.07, 6.45) is 0. The first-order valence-corrected chi connectivity index (χ1v) is 8.67. The molecule has 1 amide bonds. The Labute approximate surface area is 165 Å². The Hall–Kier alpha value is -3.39. The molecule has 0 saturated carbocycles. The molecule has 1 aromatic heterocycles. The summed E-state index contributed by atoms with van der Waals surface area (Å²) in [5, 5.41) is 18.1. The molecule has 0 radical (unpaired) electrons. The van der Waals surface area contributed by atoms with Crippen LogP contribution in [0, 0.1) is 24.0 Å². The summed E-state index contributed by atoms with van der Waals surface area (Å²) in [7, 11) is 1.67. The molecule has 0 atom stereocenters. The first kappa shape index (κ1) is 19.4. The number of nitrogens with one attached hydrogen (secondary N) is 1. The average molecular weight is 401 g/mol. The van der Waals surface area contributed by atoms with Crippen molar-refractivity contribution >= 4 is 28.9 Å². The van der Waals surface area contributed by atoms with E-state index in [1.807, 2.05) is 19.1 Å². The van der Waals surface area contributed by atoms with Crippen molar-refractivity contribution < 1.29 is 14.5 Å². The SMILES string of the molecule is Cc1ccc(Oc2cc(NC(=O)c3nn(C)c(C)c3Cl)cc([N+](=O)[O-])c2)cc1. The monoisotopic (exact) mass is 400 g/mol. The molecule has 3 aromatic rings. The highest BCUT2D eigenvalue weighted by Gasteiger charge is 2.20. The van der Waals surface area contributed by atoms with Gasteiger partial charge in [-0.2, -0.15) is 5.10 Å². The van der Waals surface area contributed by atoms with E-state index in [1.165, 1.54) is 22.9 Å². The van der Waals surface area contributed by atoms with E-state index in [1.54, 1.807) is 26.1 Å². The molecule has 0 fully saturated rings. The van der Waals surface area contributed by atoms with Crippen LogP contribution in [0.1, 0.15) is 21.7 Å². The summed E-state index contributed by atoms with van der Waals surface area (Å²) in [5.41, 5.74) is 1.70. The van der Waals surface area contributed by atoms with E-state index in [-0.39, 0.29) is 27.8 Å². The van der Waals surface area contributed by atoms with Gasteiger partial charge < -0.3 is 10.1 Å². The van der Waals surface area contributed by atoms with Crippen molar-refractivity contribution in [1.82, 2.24) is 9.78 Å². The molecule has 0 aliphatic carbocycles. The van der Waals surface area contributed by atoms with E-state index < -0.39 is 10.8 Å². The minimum absolute atomic E-state index is 0.0363. The maximum atomic E-state index is 12.5. The van der Waals surface area contributed by atoms with Crippen molar-refractivity contribution in [2.75, 3.05) is 5.32 Å². The molecular formula is C19H17ClN4O4. The molecule has 28 heavy (non-hydrogen) atoms. The lowest BCUT2D eigenvalue weighted by Crippen LogP contribution is -2.13. The second-order valence-corrected chi connectivity index (χ2v) is 6.59. The zero-order valence-corrected chi connectivity index (χ0v) is 16.1. The lowest BCUT2D eigenvalue weighted by Gasteiger charge is -2.09. The first-order valence-electron chi connectivity index (χ1n) is 8.29. The number of aromatic nitrogens is 2. The number of nitro benzene ring substituents is 1. The van der Waals surface area contributed by atoms with Gasteiger partial charge >= 0.3 is 0 Å². The van der Waals surface area contributed by atoms with E-state index in [0.717, 1.165) is 5.56 Å². The number of aryl methyl sites for hydroxylation is 2. The third-order valence-electron chi connectivity index (χ3n) is 4.09. The maximum Gasteiger partial charge on any atom is 0.277 e. The van der Waals surface area contributed by atoms with Crippen molar-refractivity contribution in [1.29, 1.82) is 0 Å². The summed E-state index contributed by atoms with van der Waals surface area (Å²) in [6, 6.07) is 11.2. The number of nitro groups is 1. The van der Waals surface area contributed by atoms with Crippen LogP contribution in [0.25, 0.3) is 0 Å². The lowest BCUT2D eigenvalue weighted by atomic mass is 10.2. The normalized spacial score (nSPS) is 10.6. The quantitative estimate of drug-likeness (QED) is 0.496. The van der Waals surface area contributed by atoms with Crippen LogP contribution in [0.2, 0.25) is 5.02 Å². The van der Waals surface area contributed by atoms with Gasteiger partial charge in [0.2, 0.25) is 0 Å². The van der Waals surface area contributed by atoms with Crippen molar-refractivity contribution in [2.24, 2.45) is 7.05 Å². The van der Waals surface area contributed by atoms with Gasteiger partial charge in [0.15, 0.2) is 5.69 Å². The Morgan fingerprint density at radius 2 is 1.86 bits per heavy atom. The number of carbonyl (C=O) groups is 1. The van der Waals surface area contributed by atoms with Crippen molar-refractivity contribution in [2.45, 2.75) is 13.8 Å². The Kier molecular flexibility index (Phi) is 5.32. The third-order valence-corrected chi connectivity index (χ3v) is 4.55. The molecule has 144 valence electrons. The highest BCUT2D eigenvalue weighted by atomic mass is 35.5. The van der Waals surface area contributed by atoms with Crippen LogP contribution in [-0.4, -0.2) is 20.6 Å². The van der Waals surface area contributed by atoms with Gasteiger partial charge in [0, 0.05) is 19.2 Å². The Balaban J connectivity index is 1.90. The molecule has 0 saturated heterocycles. The number of carbonyl (C=O) groups excluding carboxylic acids is 1. The minimum Gasteiger partial charge on any atom is -0.457 e. The number of rotatable bonds is 5. The Bertz CT molecular complexity index is 1060. The zero-order chi connectivity index (χ0) is 20.4. The number of ether oxygens (including phenoxy) is 1. The number of amides is 1. The van der Waals surface area contributed by atoms with E-state index >= 15 is 0 Å². The number of halogens is 1. The lowest BCUT2D eigenvalue weighted by molar-refractivity contribution is -0.384. The van der Waals surface area contributed by atoms with Crippen LogP contribution < -0.4 is 10.1 Å². The van der Waals surface area contributed by atoms with Gasteiger partial charge in [-0.05, 0) is 26.0 Å². The van der Waals surface area contributed by atoms with Crippen LogP contribution in [-0.2, 0) is 7.05 Å². The summed E-state index contributed by atoms with van der Waals surface area (Å²) >= 11 is 6.13. The van der Waals surface area contributed by atoms with Gasteiger partial charge in [-0.1, -0.05) is 29.3 Å². The largest absolute Gasteiger partial charge is 0.457 e. The maximum absolute atomic E-state index is 12.5. The highest BCUT2D eigenvalue weighted by molar-refractivity contribution is 6.34. The van der Waals surface area contributed by atoms with Gasteiger partial charge in [0.05, 0.1) is 27.4 Å². The van der Waals surface area contributed by atoms with Gasteiger partial charge in [0.1, 0.15) is 11.5 Å². The predicted octanol–water partition coefficient (Wildman–Crippen LogP) is 4.64. The Morgan fingerprint density at radius 1 is 1.18 bits per heavy atom.